The Balaban J connectivity index is 1.87. The van der Waals surface area contributed by atoms with E-state index in [9.17, 15) is 13.2 Å². The van der Waals surface area contributed by atoms with E-state index in [-0.39, 0.29) is 12.6 Å². The number of likely N-dealkylation sites (tertiary alicyclic amines) is 1. The van der Waals surface area contributed by atoms with Crippen molar-refractivity contribution in [1.29, 1.82) is 0 Å². The van der Waals surface area contributed by atoms with Gasteiger partial charge in [-0.3, -0.25) is 4.90 Å². The Kier molecular flexibility index (Phi) is 4.86. The van der Waals surface area contributed by atoms with Crippen molar-refractivity contribution >= 4 is 0 Å². The normalized spacial score (nSPS) is 19.6. The number of benzene rings is 1. The van der Waals surface area contributed by atoms with Crippen molar-refractivity contribution < 1.29 is 17.7 Å². The van der Waals surface area contributed by atoms with Crippen molar-refractivity contribution in [3.63, 3.8) is 0 Å². The summed E-state index contributed by atoms with van der Waals surface area (Å²) in [5.74, 6) is 0.779. The number of rotatable bonds is 4. The summed E-state index contributed by atoms with van der Waals surface area (Å²) < 4.78 is 45.0. The van der Waals surface area contributed by atoms with Crippen molar-refractivity contribution in [3.8, 4) is 0 Å². The third-order valence-electron chi connectivity index (χ3n) is 4.27. The quantitative estimate of drug-likeness (QED) is 0.925. The lowest BCUT2D eigenvalue weighted by Crippen LogP contribution is -2.34. The smallest absolute Gasteiger partial charge is 0.338 e. The minimum Gasteiger partial charge on any atom is -0.338 e. The number of piperidine rings is 1. The summed E-state index contributed by atoms with van der Waals surface area (Å²) in [6.45, 7) is 1.19. The highest BCUT2D eigenvalue weighted by Gasteiger charge is 2.37. The van der Waals surface area contributed by atoms with Crippen LogP contribution >= 0.6 is 0 Å². The predicted molar refractivity (Wildman–Crippen MR) is 80.6 cm³/mol. The topological polar surface area (TPSA) is 68.2 Å². The summed E-state index contributed by atoms with van der Waals surface area (Å²) in [6, 6.07) is 5.47. The number of hydrogen-bond donors (Lipinski definition) is 1. The molecule has 2 heterocycles. The number of halogens is 3. The zero-order chi connectivity index (χ0) is 17.2. The van der Waals surface area contributed by atoms with E-state index < -0.39 is 11.7 Å². The molecular weight excluding hydrogens is 321 g/mol. The molecule has 0 amide bonds. The van der Waals surface area contributed by atoms with Gasteiger partial charge in [0.2, 0.25) is 5.89 Å². The highest BCUT2D eigenvalue weighted by Crippen LogP contribution is 2.40. The van der Waals surface area contributed by atoms with Gasteiger partial charge in [0.25, 0.3) is 0 Å². The van der Waals surface area contributed by atoms with Crippen LogP contribution < -0.4 is 5.73 Å². The monoisotopic (exact) mass is 340 g/mol. The number of alkyl halides is 3. The van der Waals surface area contributed by atoms with Crippen LogP contribution in [0.4, 0.5) is 13.2 Å². The van der Waals surface area contributed by atoms with Crippen molar-refractivity contribution in [2.45, 2.75) is 44.6 Å². The van der Waals surface area contributed by atoms with E-state index in [2.05, 4.69) is 10.1 Å². The minimum absolute atomic E-state index is 0.146. The van der Waals surface area contributed by atoms with Gasteiger partial charge >= 0.3 is 6.18 Å². The van der Waals surface area contributed by atoms with Crippen LogP contribution in [0.15, 0.2) is 28.8 Å². The van der Waals surface area contributed by atoms with Crippen molar-refractivity contribution in [3.05, 3.63) is 47.1 Å². The number of nitrogens with two attached hydrogens (primary N) is 1. The zero-order valence-corrected chi connectivity index (χ0v) is 13.1. The maximum absolute atomic E-state index is 13.3. The number of hydrogen-bond acceptors (Lipinski definition) is 5. The molecule has 1 unspecified atom stereocenters. The van der Waals surface area contributed by atoms with E-state index in [0.717, 1.165) is 18.9 Å². The van der Waals surface area contributed by atoms with E-state index in [1.54, 1.807) is 12.1 Å². The Hall–Kier alpha value is -1.93. The molecule has 2 aromatic rings. The third kappa shape index (κ3) is 3.59. The first-order chi connectivity index (χ1) is 11.5. The van der Waals surface area contributed by atoms with E-state index in [1.165, 1.54) is 6.07 Å². The molecule has 0 radical (unpaired) electrons. The van der Waals surface area contributed by atoms with Crippen molar-refractivity contribution in [1.82, 2.24) is 15.0 Å². The average Bonchev–Trinajstić information content (AvgIpc) is 3.02. The molecule has 5 nitrogen and oxygen atoms in total. The van der Waals surface area contributed by atoms with Crippen LogP contribution in [0, 0.1) is 0 Å². The molecule has 0 saturated carbocycles. The van der Waals surface area contributed by atoms with Crippen LogP contribution in [-0.4, -0.2) is 21.6 Å². The van der Waals surface area contributed by atoms with Crippen LogP contribution in [0.3, 0.4) is 0 Å². The lowest BCUT2D eigenvalue weighted by Gasteiger charge is -2.36. The molecule has 3 rings (SSSR count). The molecule has 1 atom stereocenters. The van der Waals surface area contributed by atoms with E-state index >= 15 is 0 Å². The molecule has 0 spiro atoms. The molecular formula is C16H19F3N4O. The first-order valence-electron chi connectivity index (χ1n) is 7.90. The standard InChI is InChI=1S/C16H19F3N4O/c17-16(18,19)12-6-2-1-5-11(12)13-7-3-4-8-23(13)10-14-21-15(9-20)24-22-14/h1-2,5-6,13H,3-4,7-10,20H2. The van der Waals surface area contributed by atoms with Gasteiger partial charge in [-0.05, 0) is 31.0 Å². The van der Waals surface area contributed by atoms with Crippen molar-refractivity contribution in [2.75, 3.05) is 6.54 Å². The molecule has 1 aromatic carbocycles. The van der Waals surface area contributed by atoms with Gasteiger partial charge in [0.15, 0.2) is 5.82 Å². The molecule has 1 aliphatic heterocycles. The highest BCUT2D eigenvalue weighted by atomic mass is 19.4. The predicted octanol–water partition coefficient (Wildman–Crippen LogP) is 3.27. The summed E-state index contributed by atoms with van der Waals surface area (Å²) in [5, 5.41) is 3.85. The van der Waals surface area contributed by atoms with E-state index in [4.69, 9.17) is 10.3 Å². The lowest BCUT2D eigenvalue weighted by atomic mass is 9.91. The van der Waals surface area contributed by atoms with Gasteiger partial charge in [-0.1, -0.05) is 29.8 Å². The summed E-state index contributed by atoms with van der Waals surface area (Å²) in [6.07, 6.45) is -1.85. The van der Waals surface area contributed by atoms with E-state index in [0.29, 0.717) is 36.8 Å². The van der Waals surface area contributed by atoms with Crippen molar-refractivity contribution in [2.24, 2.45) is 5.73 Å². The molecule has 0 aliphatic carbocycles. The highest BCUT2D eigenvalue weighted by molar-refractivity contribution is 5.32. The van der Waals surface area contributed by atoms with E-state index in [1.807, 2.05) is 4.90 Å². The molecule has 1 aromatic heterocycles. The Morgan fingerprint density at radius 3 is 2.75 bits per heavy atom. The van der Waals surface area contributed by atoms with Crippen LogP contribution in [0.2, 0.25) is 0 Å². The maximum atomic E-state index is 13.3. The van der Waals surface area contributed by atoms with Crippen LogP contribution in [0.25, 0.3) is 0 Å². The molecule has 1 aliphatic rings. The second-order valence-corrected chi connectivity index (χ2v) is 5.88. The first kappa shape index (κ1) is 16.9. The fourth-order valence-electron chi connectivity index (χ4n) is 3.20. The fraction of sp³-hybridized carbons (Fsp3) is 0.500. The SMILES string of the molecule is NCc1nc(CN2CCCCC2c2ccccc2C(F)(F)F)no1. The average molecular weight is 340 g/mol. The van der Waals surface area contributed by atoms with Gasteiger partial charge < -0.3 is 10.3 Å². The maximum Gasteiger partial charge on any atom is 0.416 e. The molecule has 1 fully saturated rings. The van der Waals surface area contributed by atoms with Gasteiger partial charge in [0.05, 0.1) is 18.7 Å². The Bertz CT molecular complexity index is 686. The summed E-state index contributed by atoms with van der Waals surface area (Å²) in [5.41, 5.74) is 5.19. The summed E-state index contributed by atoms with van der Waals surface area (Å²) in [4.78, 5) is 6.14. The molecule has 2 N–H and O–H groups in total. The largest absolute Gasteiger partial charge is 0.416 e. The molecule has 0 bridgehead atoms. The van der Waals surface area contributed by atoms with Gasteiger partial charge in [0, 0.05) is 6.04 Å². The van der Waals surface area contributed by atoms with Gasteiger partial charge in [0.1, 0.15) is 0 Å². The number of aromatic nitrogens is 2. The Labute approximate surface area is 137 Å². The molecule has 8 heteroatoms. The van der Waals surface area contributed by atoms with Gasteiger partial charge in [-0.15, -0.1) is 0 Å². The third-order valence-corrected chi connectivity index (χ3v) is 4.27. The first-order valence-corrected chi connectivity index (χ1v) is 7.90. The summed E-state index contributed by atoms with van der Waals surface area (Å²) in [7, 11) is 0. The Morgan fingerprint density at radius 1 is 1.25 bits per heavy atom. The zero-order valence-electron chi connectivity index (χ0n) is 13.1. The lowest BCUT2D eigenvalue weighted by molar-refractivity contribution is -0.139. The molecule has 1 saturated heterocycles. The summed E-state index contributed by atoms with van der Waals surface area (Å²) >= 11 is 0. The van der Waals surface area contributed by atoms with Gasteiger partial charge in [-0.2, -0.15) is 18.2 Å². The molecule has 130 valence electrons. The fourth-order valence-corrected chi connectivity index (χ4v) is 3.20. The Morgan fingerprint density at radius 2 is 2.04 bits per heavy atom. The van der Waals surface area contributed by atoms with Gasteiger partial charge in [-0.25, -0.2) is 0 Å². The second kappa shape index (κ2) is 6.90. The van der Waals surface area contributed by atoms with Crippen LogP contribution in [0.5, 0.6) is 0 Å². The number of nitrogens with zero attached hydrogens (tertiary/aromatic N) is 3. The van der Waals surface area contributed by atoms with Crippen LogP contribution in [-0.2, 0) is 19.3 Å². The van der Waals surface area contributed by atoms with Crippen LogP contribution in [0.1, 0.15) is 48.1 Å². The minimum atomic E-state index is -4.36. The second-order valence-electron chi connectivity index (χ2n) is 5.88. The molecule has 24 heavy (non-hydrogen) atoms.